The Kier molecular flexibility index (Phi) is 3.67. The van der Waals surface area contributed by atoms with Gasteiger partial charge in [-0.2, -0.15) is 0 Å². The molecule has 1 aromatic rings. The Morgan fingerprint density at radius 2 is 2.36 bits per heavy atom. The van der Waals surface area contributed by atoms with E-state index in [1.807, 2.05) is 0 Å². The number of benzene rings is 1. The van der Waals surface area contributed by atoms with Crippen molar-refractivity contribution in [3.05, 3.63) is 33.9 Å². The molecule has 0 atom stereocenters. The van der Waals surface area contributed by atoms with Crippen molar-refractivity contribution >= 4 is 23.2 Å². The summed E-state index contributed by atoms with van der Waals surface area (Å²) in [6.07, 6.45) is 0. The van der Waals surface area contributed by atoms with E-state index in [0.717, 1.165) is 0 Å². The minimum atomic E-state index is -0.455. The summed E-state index contributed by atoms with van der Waals surface area (Å²) < 4.78 is 4.37. The Morgan fingerprint density at radius 3 is 2.86 bits per heavy atom. The number of hydrogen-bond acceptors (Lipinski definition) is 4. The van der Waals surface area contributed by atoms with Crippen LogP contribution in [-0.4, -0.2) is 12.0 Å². The number of nitrogens with zero attached hydrogens (tertiary/aromatic N) is 1. The fraction of sp³-hybridized carbons (Fsp3) is 0.250. The van der Waals surface area contributed by atoms with Crippen molar-refractivity contribution < 1.29 is 9.21 Å². The summed E-state index contributed by atoms with van der Waals surface area (Å²) in [5.41, 5.74) is 1.14. The Bertz CT molecular complexity index is 343. The molecule has 76 valence electrons. The Labute approximate surface area is 86.0 Å². The van der Waals surface area contributed by atoms with E-state index in [0.29, 0.717) is 11.3 Å². The number of hydrogen-bond donors (Lipinski definition) is 1. The lowest BCUT2D eigenvalue weighted by molar-refractivity contribution is -0.384. The molecule has 0 bridgehead atoms. The molecule has 1 aromatic carbocycles. The number of nitro groups is 1. The third-order valence-electron chi connectivity index (χ3n) is 1.75. The van der Waals surface area contributed by atoms with E-state index in [2.05, 4.69) is 9.61 Å². The van der Waals surface area contributed by atoms with E-state index in [-0.39, 0.29) is 12.3 Å². The van der Waals surface area contributed by atoms with Crippen molar-refractivity contribution in [2.45, 2.75) is 6.61 Å². The first-order valence-electron chi connectivity index (χ1n) is 3.87. The molecule has 5 nitrogen and oxygen atoms in total. The standard InChI is InChI=1S/C8H9ClN2O3/c1-10-7-3-2-6(5-14-9)4-8(7)11(12)13/h2-4,10H,5H2,1H3. The second-order valence-electron chi connectivity index (χ2n) is 2.61. The van der Waals surface area contributed by atoms with E-state index in [4.69, 9.17) is 11.9 Å². The van der Waals surface area contributed by atoms with Crippen LogP contribution in [0.2, 0.25) is 0 Å². The highest BCUT2D eigenvalue weighted by Gasteiger charge is 2.12. The fourth-order valence-corrected chi connectivity index (χ4v) is 1.22. The molecule has 0 saturated heterocycles. The SMILES string of the molecule is CNc1ccc(COCl)cc1[N+](=O)[O-]. The van der Waals surface area contributed by atoms with Gasteiger partial charge in [-0.15, -0.1) is 0 Å². The van der Waals surface area contributed by atoms with Crippen LogP contribution in [0.3, 0.4) is 0 Å². The van der Waals surface area contributed by atoms with Gasteiger partial charge in [0.05, 0.1) is 23.4 Å². The molecule has 0 aromatic heterocycles. The molecule has 1 rings (SSSR count). The van der Waals surface area contributed by atoms with Crippen LogP contribution in [-0.2, 0) is 10.9 Å². The Morgan fingerprint density at radius 1 is 1.64 bits per heavy atom. The summed E-state index contributed by atoms with van der Waals surface area (Å²) in [5.74, 6) is 0. The first-order chi connectivity index (χ1) is 6.69. The molecular formula is C8H9ClN2O3. The third-order valence-corrected chi connectivity index (χ3v) is 1.86. The molecule has 0 aliphatic rings. The summed E-state index contributed by atoms with van der Waals surface area (Å²) in [6, 6.07) is 4.75. The lowest BCUT2D eigenvalue weighted by atomic mass is 10.2. The van der Waals surface area contributed by atoms with Gasteiger partial charge in [0.15, 0.2) is 0 Å². The fourth-order valence-electron chi connectivity index (χ4n) is 1.09. The van der Waals surface area contributed by atoms with Gasteiger partial charge in [-0.25, -0.2) is 0 Å². The number of anilines is 1. The maximum atomic E-state index is 10.6. The van der Waals surface area contributed by atoms with Gasteiger partial charge < -0.3 is 5.32 Å². The summed E-state index contributed by atoms with van der Waals surface area (Å²) in [5, 5.41) is 13.4. The van der Waals surface area contributed by atoms with Crippen LogP contribution < -0.4 is 5.32 Å². The zero-order chi connectivity index (χ0) is 10.6. The quantitative estimate of drug-likeness (QED) is 0.620. The molecule has 0 saturated carbocycles. The summed E-state index contributed by atoms with van der Waals surface area (Å²) in [4.78, 5) is 10.2. The first kappa shape index (κ1) is 10.7. The molecule has 0 unspecified atom stereocenters. The second kappa shape index (κ2) is 4.78. The maximum absolute atomic E-state index is 10.6. The van der Waals surface area contributed by atoms with E-state index in [1.165, 1.54) is 6.07 Å². The van der Waals surface area contributed by atoms with E-state index in [9.17, 15) is 10.1 Å². The molecule has 6 heteroatoms. The van der Waals surface area contributed by atoms with Crippen molar-refractivity contribution in [2.75, 3.05) is 12.4 Å². The Balaban J connectivity index is 3.07. The largest absolute Gasteiger partial charge is 0.383 e. The van der Waals surface area contributed by atoms with E-state index < -0.39 is 4.92 Å². The molecule has 0 amide bonds. The number of nitro benzene ring substituents is 1. The third kappa shape index (κ3) is 2.34. The van der Waals surface area contributed by atoms with Crippen LogP contribution >= 0.6 is 11.9 Å². The smallest absolute Gasteiger partial charge is 0.292 e. The van der Waals surface area contributed by atoms with Gasteiger partial charge in [-0.05, 0) is 11.6 Å². The van der Waals surface area contributed by atoms with E-state index >= 15 is 0 Å². The monoisotopic (exact) mass is 216 g/mol. The first-order valence-corrected chi connectivity index (χ1v) is 4.18. The number of halogens is 1. The Hall–Kier alpha value is -1.33. The van der Waals surface area contributed by atoms with Crippen LogP contribution in [0.4, 0.5) is 11.4 Å². The van der Waals surface area contributed by atoms with Gasteiger partial charge in [0.1, 0.15) is 5.69 Å². The zero-order valence-corrected chi connectivity index (χ0v) is 8.25. The van der Waals surface area contributed by atoms with Crippen molar-refractivity contribution in [1.29, 1.82) is 0 Å². The van der Waals surface area contributed by atoms with Crippen molar-refractivity contribution in [2.24, 2.45) is 0 Å². The zero-order valence-electron chi connectivity index (χ0n) is 7.49. The summed E-state index contributed by atoms with van der Waals surface area (Å²) in [7, 11) is 1.63. The normalized spacial score (nSPS) is 9.86. The average Bonchev–Trinajstić information content (AvgIpc) is 2.18. The average molecular weight is 217 g/mol. The predicted molar refractivity (Wildman–Crippen MR) is 53.3 cm³/mol. The highest BCUT2D eigenvalue weighted by atomic mass is 35.5. The van der Waals surface area contributed by atoms with Crippen LogP contribution in [0, 0.1) is 10.1 Å². The van der Waals surface area contributed by atoms with Crippen LogP contribution in [0.25, 0.3) is 0 Å². The predicted octanol–water partition coefficient (Wildman–Crippen LogP) is 2.31. The summed E-state index contributed by atoms with van der Waals surface area (Å²) in [6.45, 7) is 0.145. The van der Waals surface area contributed by atoms with Gasteiger partial charge in [-0.1, -0.05) is 6.07 Å². The van der Waals surface area contributed by atoms with Gasteiger partial charge in [0.2, 0.25) is 0 Å². The minimum Gasteiger partial charge on any atom is -0.383 e. The number of rotatable bonds is 4. The van der Waals surface area contributed by atoms with Gasteiger partial charge in [0.25, 0.3) is 5.69 Å². The van der Waals surface area contributed by atoms with Gasteiger partial charge >= 0.3 is 0 Å². The highest BCUT2D eigenvalue weighted by Crippen LogP contribution is 2.25. The van der Waals surface area contributed by atoms with Gasteiger partial charge in [-0.3, -0.25) is 14.4 Å². The summed E-state index contributed by atoms with van der Waals surface area (Å²) >= 11 is 5.06. The number of nitrogens with one attached hydrogen (secondary N) is 1. The lowest BCUT2D eigenvalue weighted by Crippen LogP contribution is -1.97. The molecule has 0 heterocycles. The second-order valence-corrected chi connectivity index (χ2v) is 2.83. The maximum Gasteiger partial charge on any atom is 0.292 e. The van der Waals surface area contributed by atoms with Crippen molar-refractivity contribution in [1.82, 2.24) is 0 Å². The van der Waals surface area contributed by atoms with Gasteiger partial charge in [0, 0.05) is 13.1 Å². The molecule has 0 aliphatic heterocycles. The van der Waals surface area contributed by atoms with Crippen LogP contribution in [0.1, 0.15) is 5.56 Å². The molecule has 0 radical (unpaired) electrons. The highest BCUT2D eigenvalue weighted by molar-refractivity contribution is 6.07. The van der Waals surface area contributed by atoms with Crippen LogP contribution in [0.15, 0.2) is 18.2 Å². The van der Waals surface area contributed by atoms with Crippen molar-refractivity contribution in [3.63, 3.8) is 0 Å². The lowest BCUT2D eigenvalue weighted by Gasteiger charge is -2.03. The molecular weight excluding hydrogens is 208 g/mol. The molecule has 0 fully saturated rings. The van der Waals surface area contributed by atoms with Crippen molar-refractivity contribution in [3.8, 4) is 0 Å². The molecule has 0 aliphatic carbocycles. The molecule has 0 spiro atoms. The van der Waals surface area contributed by atoms with E-state index in [1.54, 1.807) is 19.2 Å². The molecule has 14 heavy (non-hydrogen) atoms. The topological polar surface area (TPSA) is 64.4 Å². The molecule has 1 N–H and O–H groups in total. The van der Waals surface area contributed by atoms with Crippen LogP contribution in [0.5, 0.6) is 0 Å². The minimum absolute atomic E-state index is 0.0127.